The maximum Gasteiger partial charge on any atom is 0.254 e. The van der Waals surface area contributed by atoms with E-state index in [-0.39, 0.29) is 35.6 Å². The second-order valence-corrected chi connectivity index (χ2v) is 14.8. The number of hydrogen-bond acceptors (Lipinski definition) is 5. The zero-order chi connectivity index (χ0) is 30.2. The smallest absolute Gasteiger partial charge is 0.254 e. The van der Waals surface area contributed by atoms with Crippen LogP contribution in [0.5, 0.6) is 0 Å². The van der Waals surface area contributed by atoms with Gasteiger partial charge in [0.05, 0.1) is 10.3 Å². The van der Waals surface area contributed by atoms with Crippen LogP contribution in [0.25, 0.3) is 0 Å². The van der Waals surface area contributed by atoms with Gasteiger partial charge >= 0.3 is 0 Å². The van der Waals surface area contributed by atoms with Gasteiger partial charge in [-0.25, -0.2) is 8.42 Å². The lowest BCUT2D eigenvalue weighted by molar-refractivity contribution is -0.139. The van der Waals surface area contributed by atoms with Crippen molar-refractivity contribution in [2.45, 2.75) is 43.5 Å². The molecule has 0 bridgehead atoms. The molecule has 0 aromatic heterocycles. The molecule has 3 aliphatic rings. The maximum atomic E-state index is 13.6. The Balaban J connectivity index is 0.00000384. The fourth-order valence-electron chi connectivity index (χ4n) is 7.35. The highest BCUT2D eigenvalue weighted by atomic mass is 35.5. The maximum absolute atomic E-state index is 13.6. The van der Waals surface area contributed by atoms with E-state index in [9.17, 15) is 18.0 Å². The molecule has 0 unspecified atom stereocenters. The standard InChI is InChI=1S/C35H41N3O4S.ClH/c1-26-8-6-7-11-31(26)33(39)38-24-29(32(25-38)28-9-4-3-5-10-28)23-36-19-16-35(17-20-36)18-21-37(34(35)40)22-27-12-14-30(15-13-27)43(2,41)42;/h3-15,29,32H,16-25H2,1-2H3;1H/t29-,32+;/m0./s1. The van der Waals surface area contributed by atoms with Gasteiger partial charge in [-0.2, -0.15) is 0 Å². The van der Waals surface area contributed by atoms with Gasteiger partial charge in [-0.3, -0.25) is 9.59 Å². The predicted octanol–water partition coefficient (Wildman–Crippen LogP) is 5.19. The third kappa shape index (κ3) is 6.58. The number of nitrogens with zero attached hydrogens (tertiary/aromatic N) is 3. The first-order chi connectivity index (χ1) is 20.6. The van der Waals surface area contributed by atoms with Gasteiger partial charge in [0, 0.05) is 50.5 Å². The molecular weight excluding hydrogens is 594 g/mol. The molecule has 6 rings (SSSR count). The third-order valence-electron chi connectivity index (χ3n) is 9.96. The van der Waals surface area contributed by atoms with Gasteiger partial charge < -0.3 is 14.7 Å². The lowest BCUT2D eigenvalue weighted by Gasteiger charge is -2.39. The number of piperidine rings is 1. The van der Waals surface area contributed by atoms with E-state index >= 15 is 0 Å². The van der Waals surface area contributed by atoms with Crippen molar-refractivity contribution in [1.82, 2.24) is 14.7 Å². The van der Waals surface area contributed by atoms with E-state index in [1.807, 2.05) is 59.2 Å². The predicted molar refractivity (Wildman–Crippen MR) is 175 cm³/mol. The van der Waals surface area contributed by atoms with Crippen LogP contribution in [-0.2, 0) is 21.2 Å². The highest BCUT2D eigenvalue weighted by Gasteiger charge is 2.48. The number of halogens is 1. The second kappa shape index (κ2) is 13.0. The number of carbonyl (C=O) groups excluding carboxylic acids is 2. The molecule has 3 fully saturated rings. The Bertz CT molecular complexity index is 1590. The van der Waals surface area contributed by atoms with Crippen LogP contribution >= 0.6 is 12.4 Å². The molecule has 44 heavy (non-hydrogen) atoms. The third-order valence-corrected chi connectivity index (χ3v) is 11.1. The van der Waals surface area contributed by atoms with Crippen molar-refractivity contribution in [2.24, 2.45) is 11.3 Å². The highest BCUT2D eigenvalue weighted by molar-refractivity contribution is 7.90. The zero-order valence-electron chi connectivity index (χ0n) is 25.5. The van der Waals surface area contributed by atoms with Crippen molar-refractivity contribution in [1.29, 1.82) is 0 Å². The van der Waals surface area contributed by atoms with Crippen LogP contribution in [-0.4, -0.2) is 80.5 Å². The number of carbonyl (C=O) groups is 2. The summed E-state index contributed by atoms with van der Waals surface area (Å²) in [5.41, 5.74) is 3.73. The first kappa shape index (κ1) is 32.2. The van der Waals surface area contributed by atoms with Crippen molar-refractivity contribution in [3.05, 3.63) is 101 Å². The van der Waals surface area contributed by atoms with Crippen molar-refractivity contribution in [3.63, 3.8) is 0 Å². The number of sulfone groups is 1. The first-order valence-electron chi connectivity index (χ1n) is 15.3. The van der Waals surface area contributed by atoms with Crippen molar-refractivity contribution >= 4 is 34.1 Å². The minimum Gasteiger partial charge on any atom is -0.338 e. The van der Waals surface area contributed by atoms with Crippen LogP contribution in [0.4, 0.5) is 0 Å². The highest BCUT2D eigenvalue weighted by Crippen LogP contribution is 2.43. The topological polar surface area (TPSA) is 78.0 Å². The largest absolute Gasteiger partial charge is 0.338 e. The van der Waals surface area contributed by atoms with Crippen LogP contribution in [0.2, 0.25) is 0 Å². The zero-order valence-corrected chi connectivity index (χ0v) is 27.2. The summed E-state index contributed by atoms with van der Waals surface area (Å²) in [6, 6.07) is 25.3. The van der Waals surface area contributed by atoms with E-state index in [1.165, 1.54) is 11.8 Å². The Morgan fingerprint density at radius 2 is 1.50 bits per heavy atom. The van der Waals surface area contributed by atoms with Crippen LogP contribution in [0.1, 0.15) is 52.2 Å². The van der Waals surface area contributed by atoms with Crippen LogP contribution in [0, 0.1) is 18.3 Å². The average molecular weight is 636 g/mol. The van der Waals surface area contributed by atoms with E-state index in [0.717, 1.165) is 75.2 Å². The molecule has 3 heterocycles. The lowest BCUT2D eigenvalue weighted by Crippen LogP contribution is -2.46. The SMILES string of the molecule is Cc1ccccc1C(=O)N1C[C@H](CN2CCC3(CC2)CCN(Cc2ccc(S(C)(=O)=O)cc2)C3=O)[C@@H](c2ccccc2)C1.Cl. The molecule has 0 aliphatic carbocycles. The number of aryl methyl sites for hydroxylation is 1. The van der Waals surface area contributed by atoms with E-state index < -0.39 is 9.84 Å². The summed E-state index contributed by atoms with van der Waals surface area (Å²) in [4.78, 5) is 34.0. The van der Waals surface area contributed by atoms with E-state index in [1.54, 1.807) is 12.1 Å². The monoisotopic (exact) mass is 635 g/mol. The summed E-state index contributed by atoms with van der Waals surface area (Å²) in [6.45, 7) is 7.38. The van der Waals surface area contributed by atoms with Crippen LogP contribution < -0.4 is 0 Å². The lowest BCUT2D eigenvalue weighted by atomic mass is 9.76. The summed E-state index contributed by atoms with van der Waals surface area (Å²) in [7, 11) is -3.24. The number of hydrogen-bond donors (Lipinski definition) is 0. The van der Waals surface area contributed by atoms with Gasteiger partial charge in [-0.05, 0) is 80.1 Å². The van der Waals surface area contributed by atoms with Gasteiger partial charge in [-0.1, -0.05) is 60.7 Å². The van der Waals surface area contributed by atoms with Crippen molar-refractivity contribution in [3.8, 4) is 0 Å². The molecule has 3 saturated heterocycles. The normalized spacial score (nSPS) is 21.9. The van der Waals surface area contributed by atoms with Gasteiger partial charge in [0.25, 0.3) is 5.91 Å². The molecule has 3 aromatic rings. The first-order valence-corrected chi connectivity index (χ1v) is 17.2. The Labute approximate surface area is 267 Å². The Morgan fingerprint density at radius 3 is 2.16 bits per heavy atom. The van der Waals surface area contributed by atoms with Crippen molar-refractivity contribution < 1.29 is 18.0 Å². The minimum atomic E-state index is -3.24. The minimum absolute atomic E-state index is 0. The number of rotatable bonds is 7. The Hall–Kier alpha value is -3.20. The average Bonchev–Trinajstić information content (AvgIpc) is 3.56. The van der Waals surface area contributed by atoms with Gasteiger partial charge in [0.1, 0.15) is 0 Å². The molecule has 1 spiro atoms. The fourth-order valence-corrected chi connectivity index (χ4v) is 7.98. The Kier molecular flexibility index (Phi) is 9.54. The summed E-state index contributed by atoms with van der Waals surface area (Å²) in [5, 5.41) is 0. The second-order valence-electron chi connectivity index (χ2n) is 12.8. The number of amides is 2. The van der Waals surface area contributed by atoms with Crippen LogP contribution in [0.3, 0.4) is 0 Å². The summed E-state index contributed by atoms with van der Waals surface area (Å²) < 4.78 is 23.6. The molecule has 7 nitrogen and oxygen atoms in total. The van der Waals surface area contributed by atoms with Crippen LogP contribution in [0.15, 0.2) is 83.8 Å². The van der Waals surface area contributed by atoms with Gasteiger partial charge in [-0.15, -0.1) is 12.4 Å². The summed E-state index contributed by atoms with van der Waals surface area (Å²) in [5.74, 6) is 0.956. The molecule has 2 atom stereocenters. The van der Waals surface area contributed by atoms with Gasteiger partial charge in [0.15, 0.2) is 9.84 Å². The van der Waals surface area contributed by atoms with E-state index in [0.29, 0.717) is 17.4 Å². The molecule has 0 N–H and O–H groups in total. The molecule has 9 heteroatoms. The molecule has 0 saturated carbocycles. The molecule has 3 aromatic carbocycles. The molecule has 0 radical (unpaired) electrons. The fraction of sp³-hybridized carbons (Fsp3) is 0.429. The summed E-state index contributed by atoms with van der Waals surface area (Å²) in [6.07, 6.45) is 3.78. The quantitative estimate of drug-likeness (QED) is 0.357. The van der Waals surface area contributed by atoms with Gasteiger partial charge in [0.2, 0.25) is 5.91 Å². The van der Waals surface area contributed by atoms with E-state index in [2.05, 4.69) is 29.2 Å². The van der Waals surface area contributed by atoms with E-state index in [4.69, 9.17) is 0 Å². The number of likely N-dealkylation sites (tertiary alicyclic amines) is 3. The Morgan fingerprint density at radius 1 is 0.864 bits per heavy atom. The molecule has 3 aliphatic heterocycles. The van der Waals surface area contributed by atoms with Crippen molar-refractivity contribution in [2.75, 3.05) is 45.5 Å². The molecule has 234 valence electrons. The molecular formula is C35H42ClN3O4S. The summed E-state index contributed by atoms with van der Waals surface area (Å²) >= 11 is 0. The molecule has 2 amide bonds. The number of benzene rings is 3.